The molecule has 104 valence electrons. The number of carbonyl (C=O) groups is 1. The van der Waals surface area contributed by atoms with Crippen LogP contribution in [0, 0.1) is 10.1 Å². The summed E-state index contributed by atoms with van der Waals surface area (Å²) in [5.74, 6) is -0.544. The Morgan fingerprint density at radius 3 is 2.90 bits per heavy atom. The van der Waals surface area contributed by atoms with Gasteiger partial charge in [-0.15, -0.1) is 0 Å². The van der Waals surface area contributed by atoms with Gasteiger partial charge in [0.15, 0.2) is 0 Å². The van der Waals surface area contributed by atoms with Gasteiger partial charge in [0.2, 0.25) is 0 Å². The highest BCUT2D eigenvalue weighted by molar-refractivity contribution is 5.80. The van der Waals surface area contributed by atoms with Gasteiger partial charge in [0.25, 0.3) is 11.2 Å². The molecule has 8 nitrogen and oxygen atoms in total. The van der Waals surface area contributed by atoms with E-state index in [1.807, 2.05) is 0 Å². The Morgan fingerprint density at radius 1 is 1.50 bits per heavy atom. The number of benzene rings is 1. The van der Waals surface area contributed by atoms with Crippen molar-refractivity contribution in [2.24, 2.45) is 0 Å². The molecule has 1 aromatic heterocycles. The van der Waals surface area contributed by atoms with Crippen LogP contribution in [0.4, 0.5) is 5.69 Å². The van der Waals surface area contributed by atoms with Gasteiger partial charge in [0.05, 0.1) is 28.8 Å². The average Bonchev–Trinajstić information content (AvgIpc) is 2.42. The minimum absolute atomic E-state index is 0.146. The number of nitro benzene ring substituents is 1. The zero-order chi connectivity index (χ0) is 14.7. The number of fused-ring (bicyclic) bond motifs is 1. The fraction of sp³-hybridized carbons (Fsp3) is 0.250. The number of hydrogen-bond acceptors (Lipinski definition) is 6. The first-order valence-electron chi connectivity index (χ1n) is 5.82. The Labute approximate surface area is 112 Å². The van der Waals surface area contributed by atoms with E-state index in [-0.39, 0.29) is 29.7 Å². The van der Waals surface area contributed by atoms with E-state index in [0.29, 0.717) is 0 Å². The summed E-state index contributed by atoms with van der Waals surface area (Å²) in [5, 5.41) is 10.9. The van der Waals surface area contributed by atoms with Crippen molar-refractivity contribution in [3.63, 3.8) is 0 Å². The van der Waals surface area contributed by atoms with Crippen molar-refractivity contribution in [2.45, 2.75) is 13.5 Å². The number of non-ortho nitro benzene ring substituents is 1. The Morgan fingerprint density at radius 2 is 2.25 bits per heavy atom. The van der Waals surface area contributed by atoms with Crippen LogP contribution in [0.3, 0.4) is 0 Å². The Kier molecular flexibility index (Phi) is 3.74. The molecule has 1 aromatic carbocycles. The van der Waals surface area contributed by atoms with E-state index < -0.39 is 16.5 Å². The lowest BCUT2D eigenvalue weighted by Crippen LogP contribution is -2.25. The van der Waals surface area contributed by atoms with Gasteiger partial charge in [-0.05, 0) is 13.0 Å². The predicted molar refractivity (Wildman–Crippen MR) is 69.3 cm³/mol. The largest absolute Gasteiger partial charge is 0.465 e. The van der Waals surface area contributed by atoms with E-state index in [9.17, 15) is 19.7 Å². The molecule has 0 radical (unpaired) electrons. The molecule has 0 bridgehead atoms. The normalized spacial score (nSPS) is 10.4. The minimum atomic E-state index is -0.564. The molecule has 0 aliphatic heterocycles. The van der Waals surface area contributed by atoms with Crippen LogP contribution in [0.1, 0.15) is 6.92 Å². The number of hydrogen-bond donors (Lipinski definition) is 0. The predicted octanol–water partition coefficient (Wildman–Crippen LogP) is 0.868. The van der Waals surface area contributed by atoms with Gasteiger partial charge in [-0.3, -0.25) is 24.3 Å². The number of carbonyl (C=O) groups excluding carboxylic acids is 1. The first-order chi connectivity index (χ1) is 9.52. The Hall–Kier alpha value is -2.77. The maximum atomic E-state index is 12.1. The van der Waals surface area contributed by atoms with Crippen LogP contribution in [-0.2, 0) is 16.1 Å². The molecule has 0 fully saturated rings. The van der Waals surface area contributed by atoms with Crippen molar-refractivity contribution in [3.05, 3.63) is 45.0 Å². The third-order valence-electron chi connectivity index (χ3n) is 2.62. The SMILES string of the molecule is CCOC(=O)Cn1cnc2cc([N+](=O)[O-])ccc2c1=O. The van der Waals surface area contributed by atoms with Gasteiger partial charge >= 0.3 is 5.97 Å². The molecule has 20 heavy (non-hydrogen) atoms. The van der Waals surface area contributed by atoms with Crippen molar-refractivity contribution in [1.82, 2.24) is 9.55 Å². The summed E-state index contributed by atoms with van der Waals surface area (Å²) in [6.45, 7) is 1.64. The van der Waals surface area contributed by atoms with Crippen molar-refractivity contribution >= 4 is 22.6 Å². The monoisotopic (exact) mass is 277 g/mol. The Balaban J connectivity index is 2.44. The first-order valence-corrected chi connectivity index (χ1v) is 5.82. The molecule has 2 aromatic rings. The van der Waals surface area contributed by atoms with E-state index in [0.717, 1.165) is 4.57 Å². The second-order valence-corrected chi connectivity index (χ2v) is 3.94. The molecule has 1 heterocycles. The molecular weight excluding hydrogens is 266 g/mol. The Bertz CT molecular complexity index is 737. The minimum Gasteiger partial charge on any atom is -0.465 e. The number of esters is 1. The van der Waals surface area contributed by atoms with Crippen LogP contribution in [0.15, 0.2) is 29.3 Å². The smallest absolute Gasteiger partial charge is 0.326 e. The lowest BCUT2D eigenvalue weighted by atomic mass is 10.2. The summed E-state index contributed by atoms with van der Waals surface area (Å²) in [5.41, 5.74) is -0.380. The van der Waals surface area contributed by atoms with Gasteiger partial charge in [0.1, 0.15) is 6.54 Å². The van der Waals surface area contributed by atoms with Gasteiger partial charge in [-0.1, -0.05) is 0 Å². The van der Waals surface area contributed by atoms with Crippen molar-refractivity contribution in [2.75, 3.05) is 6.61 Å². The van der Waals surface area contributed by atoms with Gasteiger partial charge in [-0.25, -0.2) is 4.98 Å². The second-order valence-electron chi connectivity index (χ2n) is 3.94. The number of aromatic nitrogens is 2. The molecule has 0 amide bonds. The third-order valence-corrected chi connectivity index (χ3v) is 2.62. The van der Waals surface area contributed by atoms with Crippen molar-refractivity contribution in [3.8, 4) is 0 Å². The summed E-state index contributed by atoms with van der Waals surface area (Å²) < 4.78 is 5.85. The summed E-state index contributed by atoms with van der Waals surface area (Å²) in [6, 6.07) is 3.76. The number of ether oxygens (including phenoxy) is 1. The summed E-state index contributed by atoms with van der Waals surface area (Å²) in [4.78, 5) is 37.5. The van der Waals surface area contributed by atoms with E-state index in [1.54, 1.807) is 6.92 Å². The van der Waals surface area contributed by atoms with Crippen LogP contribution in [0.5, 0.6) is 0 Å². The highest BCUT2D eigenvalue weighted by Crippen LogP contribution is 2.16. The fourth-order valence-electron chi connectivity index (χ4n) is 1.72. The number of nitrogens with zero attached hydrogens (tertiary/aromatic N) is 3. The van der Waals surface area contributed by atoms with Crippen LogP contribution in [-0.4, -0.2) is 27.1 Å². The lowest BCUT2D eigenvalue weighted by molar-refractivity contribution is -0.384. The first kappa shape index (κ1) is 13.7. The number of rotatable bonds is 4. The van der Waals surface area contributed by atoms with Gasteiger partial charge in [-0.2, -0.15) is 0 Å². The quantitative estimate of drug-likeness (QED) is 0.466. The molecular formula is C12H11N3O5. The molecule has 0 atom stereocenters. The average molecular weight is 277 g/mol. The molecule has 0 saturated heterocycles. The van der Waals surface area contributed by atoms with Crippen LogP contribution in [0.25, 0.3) is 10.9 Å². The topological polar surface area (TPSA) is 104 Å². The van der Waals surface area contributed by atoms with E-state index >= 15 is 0 Å². The molecule has 0 N–H and O–H groups in total. The summed E-state index contributed by atoms with van der Waals surface area (Å²) in [6.07, 6.45) is 1.17. The zero-order valence-corrected chi connectivity index (χ0v) is 10.6. The van der Waals surface area contributed by atoms with Crippen molar-refractivity contribution < 1.29 is 14.5 Å². The number of nitro groups is 1. The zero-order valence-electron chi connectivity index (χ0n) is 10.6. The molecule has 0 saturated carbocycles. The van der Waals surface area contributed by atoms with Crippen LogP contribution in [0.2, 0.25) is 0 Å². The maximum absolute atomic E-state index is 12.1. The molecule has 0 unspecified atom stereocenters. The summed E-state index contributed by atoms with van der Waals surface area (Å²) >= 11 is 0. The molecule has 8 heteroatoms. The van der Waals surface area contributed by atoms with Crippen molar-refractivity contribution in [1.29, 1.82) is 0 Å². The van der Waals surface area contributed by atoms with Crippen LogP contribution < -0.4 is 5.56 Å². The standard InChI is InChI=1S/C12H11N3O5/c1-2-20-11(16)6-14-7-13-10-5-8(15(18)19)3-4-9(10)12(14)17/h3-5,7H,2,6H2,1H3. The van der Waals surface area contributed by atoms with Gasteiger partial charge in [0, 0.05) is 12.1 Å². The van der Waals surface area contributed by atoms with E-state index in [1.165, 1.54) is 24.5 Å². The highest BCUT2D eigenvalue weighted by atomic mass is 16.6. The van der Waals surface area contributed by atoms with E-state index in [4.69, 9.17) is 4.74 Å². The molecule has 0 spiro atoms. The van der Waals surface area contributed by atoms with Gasteiger partial charge < -0.3 is 4.74 Å². The molecule has 2 rings (SSSR count). The van der Waals surface area contributed by atoms with E-state index in [2.05, 4.69) is 4.98 Å². The maximum Gasteiger partial charge on any atom is 0.326 e. The van der Waals surface area contributed by atoms with Crippen LogP contribution >= 0.6 is 0 Å². The fourth-order valence-corrected chi connectivity index (χ4v) is 1.72. The second kappa shape index (κ2) is 5.47. The molecule has 0 aliphatic carbocycles. The molecule has 0 aliphatic rings. The highest BCUT2D eigenvalue weighted by Gasteiger charge is 2.12. The lowest BCUT2D eigenvalue weighted by Gasteiger charge is -2.05. The summed E-state index contributed by atoms with van der Waals surface area (Å²) in [7, 11) is 0. The third kappa shape index (κ3) is 2.63.